The van der Waals surface area contributed by atoms with Gasteiger partial charge in [-0.05, 0) is 18.1 Å². The SMILES string of the molecule is CC(C)(C)c1cc2n(n1)CCc1ccccc1O2. The van der Waals surface area contributed by atoms with Crippen LogP contribution in [0.15, 0.2) is 30.3 Å². The van der Waals surface area contributed by atoms with Gasteiger partial charge < -0.3 is 4.74 Å². The van der Waals surface area contributed by atoms with E-state index >= 15 is 0 Å². The van der Waals surface area contributed by atoms with Gasteiger partial charge >= 0.3 is 0 Å². The van der Waals surface area contributed by atoms with Crippen LogP contribution in [0.25, 0.3) is 0 Å². The van der Waals surface area contributed by atoms with Crippen LogP contribution in [0.4, 0.5) is 0 Å². The number of hydrogen-bond donors (Lipinski definition) is 0. The first kappa shape index (κ1) is 11.3. The molecular formula is C15H18N2O. The van der Waals surface area contributed by atoms with Crippen molar-refractivity contribution in [1.82, 2.24) is 9.78 Å². The third-order valence-electron chi connectivity index (χ3n) is 3.29. The lowest BCUT2D eigenvalue weighted by Crippen LogP contribution is -2.13. The number of para-hydroxylation sites is 1. The number of rotatable bonds is 0. The molecule has 2 heterocycles. The summed E-state index contributed by atoms with van der Waals surface area (Å²) in [6, 6.07) is 10.3. The highest BCUT2D eigenvalue weighted by Gasteiger charge is 2.22. The Labute approximate surface area is 107 Å². The molecule has 1 aromatic carbocycles. The molecule has 0 radical (unpaired) electrons. The summed E-state index contributed by atoms with van der Waals surface area (Å²) < 4.78 is 7.95. The van der Waals surface area contributed by atoms with Gasteiger partial charge in [0.1, 0.15) is 5.75 Å². The molecule has 0 N–H and O–H groups in total. The quantitative estimate of drug-likeness (QED) is 0.706. The van der Waals surface area contributed by atoms with Gasteiger partial charge in [-0.2, -0.15) is 5.10 Å². The van der Waals surface area contributed by atoms with E-state index in [2.05, 4.69) is 44.1 Å². The van der Waals surface area contributed by atoms with Crippen molar-refractivity contribution in [2.24, 2.45) is 0 Å². The second kappa shape index (κ2) is 3.87. The first-order valence-corrected chi connectivity index (χ1v) is 6.38. The Kier molecular flexibility index (Phi) is 2.44. The molecule has 3 nitrogen and oxygen atoms in total. The number of aromatic nitrogens is 2. The summed E-state index contributed by atoms with van der Waals surface area (Å²) in [4.78, 5) is 0. The molecule has 1 aliphatic rings. The molecule has 0 saturated carbocycles. The number of hydrogen-bond acceptors (Lipinski definition) is 2. The molecule has 3 heteroatoms. The Hall–Kier alpha value is -1.77. The van der Waals surface area contributed by atoms with Crippen molar-refractivity contribution in [3.63, 3.8) is 0 Å². The molecule has 94 valence electrons. The molecule has 0 aliphatic carbocycles. The maximum absolute atomic E-state index is 5.98. The summed E-state index contributed by atoms with van der Waals surface area (Å²) in [6.45, 7) is 7.39. The van der Waals surface area contributed by atoms with Crippen LogP contribution in [0.3, 0.4) is 0 Å². The minimum Gasteiger partial charge on any atom is -0.439 e. The van der Waals surface area contributed by atoms with Crippen molar-refractivity contribution in [1.29, 1.82) is 0 Å². The van der Waals surface area contributed by atoms with Gasteiger partial charge in [0.2, 0.25) is 5.88 Å². The molecule has 0 unspecified atom stereocenters. The number of fused-ring (bicyclic) bond motifs is 2. The van der Waals surface area contributed by atoms with Gasteiger partial charge in [-0.1, -0.05) is 39.0 Å². The van der Waals surface area contributed by atoms with Crippen LogP contribution in [-0.4, -0.2) is 9.78 Å². The van der Waals surface area contributed by atoms with Crippen molar-refractivity contribution < 1.29 is 4.74 Å². The van der Waals surface area contributed by atoms with E-state index in [1.54, 1.807) is 0 Å². The van der Waals surface area contributed by atoms with E-state index in [0.717, 1.165) is 30.3 Å². The van der Waals surface area contributed by atoms with Gasteiger partial charge in [-0.3, -0.25) is 0 Å². The Bertz CT molecular complexity index is 578. The van der Waals surface area contributed by atoms with E-state index < -0.39 is 0 Å². The summed E-state index contributed by atoms with van der Waals surface area (Å²) >= 11 is 0. The van der Waals surface area contributed by atoms with Crippen molar-refractivity contribution in [3.8, 4) is 11.6 Å². The molecule has 18 heavy (non-hydrogen) atoms. The zero-order valence-electron chi connectivity index (χ0n) is 11.1. The topological polar surface area (TPSA) is 27.1 Å². The summed E-state index contributed by atoms with van der Waals surface area (Å²) in [5, 5.41) is 4.66. The Morgan fingerprint density at radius 2 is 2.00 bits per heavy atom. The molecule has 0 spiro atoms. The van der Waals surface area contributed by atoms with Crippen LogP contribution in [0, 0.1) is 0 Å². The predicted octanol–water partition coefficient (Wildman–Crippen LogP) is 3.53. The number of nitrogens with zero attached hydrogens (tertiary/aromatic N) is 2. The molecule has 0 saturated heterocycles. The van der Waals surface area contributed by atoms with Crippen LogP contribution in [0.1, 0.15) is 32.0 Å². The van der Waals surface area contributed by atoms with Crippen LogP contribution >= 0.6 is 0 Å². The number of ether oxygens (including phenoxy) is 1. The smallest absolute Gasteiger partial charge is 0.218 e. The first-order chi connectivity index (χ1) is 8.54. The van der Waals surface area contributed by atoms with Gasteiger partial charge in [0, 0.05) is 18.0 Å². The van der Waals surface area contributed by atoms with Crippen molar-refractivity contribution >= 4 is 0 Å². The highest BCUT2D eigenvalue weighted by molar-refractivity contribution is 5.38. The standard InChI is InChI=1S/C15H18N2O/c1-15(2,3)13-10-14-17(16-13)9-8-11-6-4-5-7-12(11)18-14/h4-7,10H,8-9H2,1-3H3. The molecule has 0 amide bonds. The zero-order chi connectivity index (χ0) is 12.8. The van der Waals surface area contributed by atoms with Crippen molar-refractivity contribution in [2.75, 3.05) is 0 Å². The fourth-order valence-electron chi connectivity index (χ4n) is 2.16. The Balaban J connectivity index is 2.02. The maximum atomic E-state index is 5.98. The predicted molar refractivity (Wildman–Crippen MR) is 71.1 cm³/mol. The van der Waals surface area contributed by atoms with Crippen molar-refractivity contribution in [3.05, 3.63) is 41.6 Å². The van der Waals surface area contributed by atoms with Gasteiger partial charge in [0.15, 0.2) is 0 Å². The summed E-state index contributed by atoms with van der Waals surface area (Å²) in [5.41, 5.74) is 2.39. The molecular weight excluding hydrogens is 224 g/mol. The minimum absolute atomic E-state index is 0.0576. The molecule has 0 bridgehead atoms. The number of aryl methyl sites for hydroxylation is 2. The lowest BCUT2D eigenvalue weighted by Gasteiger charge is -2.14. The molecule has 0 atom stereocenters. The average molecular weight is 242 g/mol. The second-order valence-electron chi connectivity index (χ2n) is 5.80. The fourth-order valence-corrected chi connectivity index (χ4v) is 2.16. The highest BCUT2D eigenvalue weighted by Crippen LogP contribution is 2.32. The van der Waals surface area contributed by atoms with Crippen LogP contribution < -0.4 is 4.74 Å². The van der Waals surface area contributed by atoms with Gasteiger partial charge in [0.25, 0.3) is 0 Å². The largest absolute Gasteiger partial charge is 0.439 e. The molecule has 0 fully saturated rings. The van der Waals surface area contributed by atoms with Gasteiger partial charge in [0.05, 0.1) is 5.69 Å². The maximum Gasteiger partial charge on any atom is 0.218 e. The van der Waals surface area contributed by atoms with E-state index in [-0.39, 0.29) is 5.41 Å². The summed E-state index contributed by atoms with van der Waals surface area (Å²) in [5.74, 6) is 1.81. The van der Waals surface area contributed by atoms with E-state index in [1.165, 1.54) is 5.56 Å². The molecule has 3 rings (SSSR count). The van der Waals surface area contributed by atoms with Crippen molar-refractivity contribution in [2.45, 2.75) is 39.2 Å². The average Bonchev–Trinajstić information content (AvgIpc) is 2.64. The lowest BCUT2D eigenvalue weighted by atomic mass is 9.93. The van der Waals surface area contributed by atoms with Gasteiger partial charge in [-0.15, -0.1) is 0 Å². The highest BCUT2D eigenvalue weighted by atomic mass is 16.5. The Morgan fingerprint density at radius 3 is 2.78 bits per heavy atom. The lowest BCUT2D eigenvalue weighted by molar-refractivity contribution is 0.427. The van der Waals surface area contributed by atoms with Crippen LogP contribution in [0.2, 0.25) is 0 Å². The zero-order valence-corrected chi connectivity index (χ0v) is 11.1. The summed E-state index contributed by atoms with van der Waals surface area (Å²) in [7, 11) is 0. The van der Waals surface area contributed by atoms with E-state index in [4.69, 9.17) is 4.74 Å². The van der Waals surface area contributed by atoms with E-state index in [1.807, 2.05) is 16.8 Å². The Morgan fingerprint density at radius 1 is 1.22 bits per heavy atom. The molecule has 1 aliphatic heterocycles. The second-order valence-corrected chi connectivity index (χ2v) is 5.80. The minimum atomic E-state index is 0.0576. The third-order valence-corrected chi connectivity index (χ3v) is 3.29. The normalized spacial score (nSPS) is 14.4. The fraction of sp³-hybridized carbons (Fsp3) is 0.400. The van der Waals surface area contributed by atoms with Crippen LogP contribution in [0.5, 0.6) is 11.6 Å². The number of benzene rings is 1. The monoisotopic (exact) mass is 242 g/mol. The molecule has 1 aromatic heterocycles. The van der Waals surface area contributed by atoms with Crippen LogP contribution in [-0.2, 0) is 18.4 Å². The summed E-state index contributed by atoms with van der Waals surface area (Å²) in [6.07, 6.45) is 0.967. The first-order valence-electron chi connectivity index (χ1n) is 6.38. The third kappa shape index (κ3) is 1.90. The van der Waals surface area contributed by atoms with Gasteiger partial charge in [-0.25, -0.2) is 4.68 Å². The van der Waals surface area contributed by atoms with E-state index in [9.17, 15) is 0 Å². The molecule has 2 aromatic rings. The van der Waals surface area contributed by atoms with E-state index in [0.29, 0.717) is 0 Å².